The maximum atomic E-state index is 3.48. The first-order valence-corrected chi connectivity index (χ1v) is 7.14. The average molecular weight is 293 g/mol. The lowest BCUT2D eigenvalue weighted by molar-refractivity contribution is 0.690. The topological polar surface area (TPSA) is 27.8 Å². The fraction of sp³-hybridized carbons (Fsp3) is 0.200. The van der Waals surface area contributed by atoms with E-state index in [0.717, 1.165) is 19.5 Å². The molecule has 2 heterocycles. The van der Waals surface area contributed by atoms with E-state index in [1.165, 1.54) is 22.0 Å². The fourth-order valence-corrected chi connectivity index (χ4v) is 2.86. The van der Waals surface area contributed by atoms with Crippen LogP contribution in [0.2, 0.25) is 0 Å². The summed E-state index contributed by atoms with van der Waals surface area (Å²) in [6, 6.07) is 10.6. The number of hydrogen-bond acceptors (Lipinski definition) is 2. The number of hydrogen-bond donors (Lipinski definition) is 2. The van der Waals surface area contributed by atoms with Crippen LogP contribution in [-0.2, 0) is 13.0 Å². The van der Waals surface area contributed by atoms with Crippen molar-refractivity contribution in [3.8, 4) is 0 Å². The van der Waals surface area contributed by atoms with E-state index >= 15 is 0 Å². The zero-order chi connectivity index (χ0) is 12.2. The number of rotatable bonds is 5. The van der Waals surface area contributed by atoms with Gasteiger partial charge >= 0.3 is 0 Å². The first kappa shape index (κ1) is 14.1. The van der Waals surface area contributed by atoms with Crippen LogP contribution >= 0.6 is 23.7 Å². The van der Waals surface area contributed by atoms with Gasteiger partial charge in [-0.2, -0.15) is 11.3 Å². The Hall–Kier alpha value is -1.29. The maximum absolute atomic E-state index is 3.48. The molecule has 2 aromatic heterocycles. The molecule has 3 rings (SSSR count). The zero-order valence-electron chi connectivity index (χ0n) is 10.6. The Morgan fingerprint density at radius 2 is 2.05 bits per heavy atom. The summed E-state index contributed by atoms with van der Waals surface area (Å²) in [6.07, 6.45) is 3.19. The Labute approximate surface area is 123 Å². The van der Waals surface area contributed by atoms with E-state index in [1.54, 1.807) is 11.3 Å². The van der Waals surface area contributed by atoms with Crippen molar-refractivity contribution < 1.29 is 0 Å². The van der Waals surface area contributed by atoms with E-state index in [0.29, 0.717) is 0 Å². The lowest BCUT2D eigenvalue weighted by Gasteiger charge is -2.02. The monoisotopic (exact) mass is 292 g/mol. The van der Waals surface area contributed by atoms with Crippen molar-refractivity contribution in [2.45, 2.75) is 13.0 Å². The molecule has 2 nitrogen and oxygen atoms in total. The summed E-state index contributed by atoms with van der Waals surface area (Å²) in [5, 5.41) is 9.14. The Balaban J connectivity index is 0.00000133. The quantitative estimate of drug-likeness (QED) is 0.684. The molecule has 4 heteroatoms. The number of para-hydroxylation sites is 1. The molecule has 0 atom stereocenters. The summed E-state index contributed by atoms with van der Waals surface area (Å²) in [4.78, 5) is 3.32. The van der Waals surface area contributed by atoms with Gasteiger partial charge in [-0.05, 0) is 47.0 Å². The van der Waals surface area contributed by atoms with Gasteiger partial charge in [0.2, 0.25) is 0 Å². The van der Waals surface area contributed by atoms with Gasteiger partial charge in [-0.1, -0.05) is 18.2 Å². The molecule has 100 valence electrons. The van der Waals surface area contributed by atoms with Gasteiger partial charge in [0, 0.05) is 23.6 Å². The van der Waals surface area contributed by atoms with Crippen molar-refractivity contribution in [3.63, 3.8) is 0 Å². The van der Waals surface area contributed by atoms with Gasteiger partial charge in [0.1, 0.15) is 0 Å². The molecular formula is C15H17ClN2S. The maximum Gasteiger partial charge on any atom is 0.0456 e. The number of aromatic nitrogens is 1. The van der Waals surface area contributed by atoms with Gasteiger partial charge in [-0.15, -0.1) is 12.4 Å². The minimum Gasteiger partial charge on any atom is -0.361 e. The zero-order valence-corrected chi connectivity index (χ0v) is 12.2. The Morgan fingerprint density at radius 3 is 2.89 bits per heavy atom. The second-order valence-electron chi connectivity index (χ2n) is 4.42. The average Bonchev–Trinajstić information content (AvgIpc) is 3.04. The number of H-pyrrole nitrogens is 1. The second-order valence-corrected chi connectivity index (χ2v) is 5.20. The van der Waals surface area contributed by atoms with Crippen LogP contribution in [0.25, 0.3) is 10.9 Å². The van der Waals surface area contributed by atoms with Crippen molar-refractivity contribution in [2.75, 3.05) is 6.54 Å². The standard InChI is InChI=1S/C15H16N2S.ClH/c1-2-4-15-14(3-1)13(10-17-15)5-7-16-9-12-6-8-18-11-12;/h1-4,6,8,10-11,16-17H,5,7,9H2;1H. The van der Waals surface area contributed by atoms with E-state index < -0.39 is 0 Å². The molecule has 2 N–H and O–H groups in total. The minimum absolute atomic E-state index is 0. The van der Waals surface area contributed by atoms with Gasteiger partial charge in [-0.3, -0.25) is 0 Å². The van der Waals surface area contributed by atoms with Crippen LogP contribution in [0.15, 0.2) is 47.3 Å². The third-order valence-electron chi connectivity index (χ3n) is 3.16. The van der Waals surface area contributed by atoms with Gasteiger partial charge in [0.15, 0.2) is 0 Å². The summed E-state index contributed by atoms with van der Waals surface area (Å²) < 4.78 is 0. The minimum atomic E-state index is 0. The van der Waals surface area contributed by atoms with Gasteiger partial charge in [0.05, 0.1) is 0 Å². The van der Waals surface area contributed by atoms with E-state index in [2.05, 4.69) is 57.6 Å². The highest BCUT2D eigenvalue weighted by Gasteiger charge is 2.02. The largest absolute Gasteiger partial charge is 0.361 e. The Kier molecular flexibility index (Phi) is 5.02. The third kappa shape index (κ3) is 3.38. The first-order valence-electron chi connectivity index (χ1n) is 6.20. The molecule has 0 spiro atoms. The second kappa shape index (κ2) is 6.75. The van der Waals surface area contributed by atoms with Crippen LogP contribution < -0.4 is 5.32 Å². The van der Waals surface area contributed by atoms with Crippen LogP contribution in [0.1, 0.15) is 11.1 Å². The van der Waals surface area contributed by atoms with Crippen LogP contribution in [-0.4, -0.2) is 11.5 Å². The number of thiophene rings is 1. The molecule has 0 saturated carbocycles. The molecule has 0 radical (unpaired) electrons. The van der Waals surface area contributed by atoms with Gasteiger partial charge < -0.3 is 10.3 Å². The highest BCUT2D eigenvalue weighted by Crippen LogP contribution is 2.17. The lowest BCUT2D eigenvalue weighted by Crippen LogP contribution is -2.16. The SMILES string of the molecule is Cl.c1ccc2c(CCNCc3ccsc3)c[nH]c2c1. The molecule has 0 unspecified atom stereocenters. The van der Waals surface area contributed by atoms with Crippen molar-refractivity contribution in [3.05, 3.63) is 58.4 Å². The van der Waals surface area contributed by atoms with E-state index in [-0.39, 0.29) is 12.4 Å². The molecule has 1 aromatic carbocycles. The number of fused-ring (bicyclic) bond motifs is 1. The molecule has 0 aliphatic rings. The predicted octanol–water partition coefficient (Wildman–Crippen LogP) is 3.98. The Bertz CT molecular complexity index is 616. The van der Waals surface area contributed by atoms with Crippen molar-refractivity contribution in [2.24, 2.45) is 0 Å². The van der Waals surface area contributed by atoms with Gasteiger partial charge in [0.25, 0.3) is 0 Å². The van der Waals surface area contributed by atoms with E-state index in [1.807, 2.05) is 0 Å². The smallest absolute Gasteiger partial charge is 0.0456 e. The van der Waals surface area contributed by atoms with Crippen molar-refractivity contribution in [1.29, 1.82) is 0 Å². The summed E-state index contributed by atoms with van der Waals surface area (Å²) in [7, 11) is 0. The molecule has 0 aliphatic heterocycles. The fourth-order valence-electron chi connectivity index (χ4n) is 2.19. The number of benzene rings is 1. The van der Waals surface area contributed by atoms with E-state index in [4.69, 9.17) is 0 Å². The van der Waals surface area contributed by atoms with E-state index in [9.17, 15) is 0 Å². The molecule has 0 saturated heterocycles. The molecule has 3 aromatic rings. The third-order valence-corrected chi connectivity index (χ3v) is 3.89. The molecule has 0 aliphatic carbocycles. The number of aromatic amines is 1. The molecular weight excluding hydrogens is 276 g/mol. The highest BCUT2D eigenvalue weighted by atomic mass is 35.5. The summed E-state index contributed by atoms with van der Waals surface area (Å²) in [5.41, 5.74) is 3.99. The molecule has 0 bridgehead atoms. The molecule has 0 fully saturated rings. The Morgan fingerprint density at radius 1 is 1.16 bits per heavy atom. The van der Waals surface area contributed by atoms with Gasteiger partial charge in [-0.25, -0.2) is 0 Å². The summed E-state index contributed by atoms with van der Waals surface area (Å²) in [6.45, 7) is 1.98. The van der Waals surface area contributed by atoms with Crippen molar-refractivity contribution in [1.82, 2.24) is 10.3 Å². The lowest BCUT2D eigenvalue weighted by atomic mass is 10.1. The van der Waals surface area contributed by atoms with Crippen LogP contribution in [0.4, 0.5) is 0 Å². The van der Waals surface area contributed by atoms with Crippen molar-refractivity contribution >= 4 is 34.6 Å². The summed E-state index contributed by atoms with van der Waals surface area (Å²) >= 11 is 1.75. The van der Waals surface area contributed by atoms with Crippen LogP contribution in [0.3, 0.4) is 0 Å². The normalized spacial score (nSPS) is 10.5. The highest BCUT2D eigenvalue weighted by molar-refractivity contribution is 7.07. The number of nitrogens with one attached hydrogen (secondary N) is 2. The molecule has 19 heavy (non-hydrogen) atoms. The predicted molar refractivity (Wildman–Crippen MR) is 85.3 cm³/mol. The number of halogens is 1. The van der Waals surface area contributed by atoms with Crippen LogP contribution in [0.5, 0.6) is 0 Å². The summed E-state index contributed by atoms with van der Waals surface area (Å²) in [5.74, 6) is 0. The van der Waals surface area contributed by atoms with Crippen LogP contribution in [0, 0.1) is 0 Å². The first-order chi connectivity index (χ1) is 8.93. The molecule has 0 amide bonds.